The lowest BCUT2D eigenvalue weighted by Gasteiger charge is -2.38. The van der Waals surface area contributed by atoms with E-state index in [1.165, 1.54) is 10.7 Å². The molecule has 1 aliphatic rings. The Balaban J connectivity index is 0.00000408. The predicted octanol–water partition coefficient (Wildman–Crippen LogP) is 2.87. The molecule has 3 rings (SSSR count). The quantitative estimate of drug-likeness (QED) is 0.464. The number of piperidine rings is 1. The number of nitrogens with one attached hydrogen (secondary N) is 1. The zero-order chi connectivity index (χ0) is 23.8. The minimum Gasteiger partial charge on any atom is -0.396 e. The van der Waals surface area contributed by atoms with Crippen molar-refractivity contribution in [3.05, 3.63) is 41.5 Å². The molecule has 1 amide bonds. The summed E-state index contributed by atoms with van der Waals surface area (Å²) in [7, 11) is 1.65. The fraction of sp³-hybridized carbons (Fsp3) is 0.625. The SMILES string of the molecule is COCCCCc1c(C(=O)N(CC(C)C)[C@@H]2CNC[C@H](CO)C2)nnn1-c1ccccc1F.Cl. The molecule has 0 bridgehead atoms. The Bertz CT molecular complexity index is 910. The molecular weight excluding hydrogens is 461 g/mol. The van der Waals surface area contributed by atoms with Gasteiger partial charge in [0.1, 0.15) is 11.5 Å². The first kappa shape index (κ1) is 28.2. The van der Waals surface area contributed by atoms with E-state index in [0.717, 1.165) is 25.8 Å². The lowest BCUT2D eigenvalue weighted by molar-refractivity contribution is 0.0546. The van der Waals surface area contributed by atoms with Gasteiger partial charge in [-0.1, -0.05) is 31.2 Å². The molecule has 0 spiro atoms. The van der Waals surface area contributed by atoms with Crippen LogP contribution in [0.15, 0.2) is 24.3 Å². The molecule has 1 fully saturated rings. The normalized spacial score (nSPS) is 18.1. The number of aromatic nitrogens is 3. The Kier molecular flexibility index (Phi) is 11.4. The van der Waals surface area contributed by atoms with Crippen LogP contribution >= 0.6 is 12.4 Å². The lowest BCUT2D eigenvalue weighted by atomic mass is 9.94. The minimum atomic E-state index is -0.416. The Labute approximate surface area is 207 Å². The van der Waals surface area contributed by atoms with Crippen LogP contribution in [-0.4, -0.2) is 76.9 Å². The molecule has 1 aromatic carbocycles. The van der Waals surface area contributed by atoms with Gasteiger partial charge in [-0.3, -0.25) is 4.79 Å². The number of rotatable bonds is 11. The van der Waals surface area contributed by atoms with Crippen molar-refractivity contribution >= 4 is 18.3 Å². The zero-order valence-corrected chi connectivity index (χ0v) is 21.1. The summed E-state index contributed by atoms with van der Waals surface area (Å²) in [5.41, 5.74) is 1.15. The Morgan fingerprint density at radius 2 is 2.09 bits per heavy atom. The molecular formula is C24H37ClFN5O3. The van der Waals surface area contributed by atoms with Crippen LogP contribution in [0.5, 0.6) is 0 Å². The number of hydrogen-bond donors (Lipinski definition) is 2. The number of aliphatic hydroxyl groups excluding tert-OH is 1. The fourth-order valence-electron chi connectivity index (χ4n) is 4.36. The highest BCUT2D eigenvalue weighted by atomic mass is 35.5. The summed E-state index contributed by atoms with van der Waals surface area (Å²) in [6, 6.07) is 6.33. The number of nitrogens with zero attached hydrogens (tertiary/aromatic N) is 4. The van der Waals surface area contributed by atoms with E-state index < -0.39 is 5.82 Å². The Morgan fingerprint density at radius 1 is 1.32 bits per heavy atom. The van der Waals surface area contributed by atoms with Crippen LogP contribution in [0, 0.1) is 17.7 Å². The summed E-state index contributed by atoms with van der Waals surface area (Å²) >= 11 is 0. The van der Waals surface area contributed by atoms with Crippen molar-refractivity contribution in [2.45, 2.75) is 45.6 Å². The van der Waals surface area contributed by atoms with Crippen molar-refractivity contribution in [1.82, 2.24) is 25.2 Å². The summed E-state index contributed by atoms with van der Waals surface area (Å²) in [5, 5.41) is 21.4. The van der Waals surface area contributed by atoms with E-state index in [2.05, 4.69) is 29.5 Å². The van der Waals surface area contributed by atoms with E-state index in [4.69, 9.17) is 4.74 Å². The molecule has 8 nitrogen and oxygen atoms in total. The lowest BCUT2D eigenvalue weighted by Crippen LogP contribution is -2.53. The maximum Gasteiger partial charge on any atom is 0.276 e. The number of hydrogen-bond acceptors (Lipinski definition) is 6. The van der Waals surface area contributed by atoms with Gasteiger partial charge >= 0.3 is 0 Å². The number of amides is 1. The second-order valence-electron chi connectivity index (χ2n) is 9.15. The number of unbranched alkanes of at least 4 members (excludes halogenated alkanes) is 1. The number of methoxy groups -OCH3 is 1. The van der Waals surface area contributed by atoms with E-state index in [0.29, 0.717) is 31.8 Å². The van der Waals surface area contributed by atoms with E-state index in [1.54, 1.807) is 25.3 Å². The number of halogens is 2. The molecule has 2 heterocycles. The number of carbonyl (C=O) groups excluding carboxylic acids is 1. The summed E-state index contributed by atoms with van der Waals surface area (Å²) in [6.07, 6.45) is 2.83. The smallest absolute Gasteiger partial charge is 0.276 e. The molecule has 1 aliphatic heterocycles. The average molecular weight is 498 g/mol. The predicted molar refractivity (Wildman–Crippen MR) is 131 cm³/mol. The highest BCUT2D eigenvalue weighted by Gasteiger charge is 2.33. The number of aliphatic hydroxyl groups is 1. The molecule has 2 N–H and O–H groups in total. The minimum absolute atomic E-state index is 0. The topological polar surface area (TPSA) is 92.5 Å². The molecule has 2 aromatic rings. The number of carbonyl (C=O) groups is 1. The highest BCUT2D eigenvalue weighted by molar-refractivity contribution is 5.93. The summed E-state index contributed by atoms with van der Waals surface area (Å²) in [5.74, 6) is -0.247. The summed E-state index contributed by atoms with van der Waals surface area (Å²) in [4.78, 5) is 15.7. The second-order valence-corrected chi connectivity index (χ2v) is 9.15. The van der Waals surface area contributed by atoms with Crippen LogP contribution in [0.4, 0.5) is 4.39 Å². The summed E-state index contributed by atoms with van der Waals surface area (Å²) in [6.45, 7) is 6.81. The molecule has 34 heavy (non-hydrogen) atoms. The molecule has 0 aliphatic carbocycles. The van der Waals surface area contributed by atoms with Crippen LogP contribution in [0.1, 0.15) is 49.3 Å². The van der Waals surface area contributed by atoms with Gasteiger partial charge in [0.05, 0.1) is 5.69 Å². The first-order valence-corrected chi connectivity index (χ1v) is 11.8. The van der Waals surface area contributed by atoms with Crippen LogP contribution in [-0.2, 0) is 11.2 Å². The van der Waals surface area contributed by atoms with Crippen LogP contribution in [0.3, 0.4) is 0 Å². The first-order chi connectivity index (χ1) is 16.0. The van der Waals surface area contributed by atoms with Gasteiger partial charge in [-0.25, -0.2) is 9.07 Å². The zero-order valence-electron chi connectivity index (χ0n) is 20.2. The average Bonchev–Trinajstić information content (AvgIpc) is 3.23. The van der Waals surface area contributed by atoms with Crippen molar-refractivity contribution < 1.29 is 19.0 Å². The maximum atomic E-state index is 14.6. The van der Waals surface area contributed by atoms with Gasteiger partial charge in [-0.15, -0.1) is 17.5 Å². The van der Waals surface area contributed by atoms with Crippen molar-refractivity contribution in [2.24, 2.45) is 11.8 Å². The van der Waals surface area contributed by atoms with Gasteiger partial charge in [0.25, 0.3) is 5.91 Å². The van der Waals surface area contributed by atoms with Gasteiger partial charge in [0, 0.05) is 46.0 Å². The first-order valence-electron chi connectivity index (χ1n) is 11.8. The molecule has 1 saturated heterocycles. The molecule has 10 heteroatoms. The van der Waals surface area contributed by atoms with Gasteiger partial charge in [0.2, 0.25) is 0 Å². The number of benzene rings is 1. The third kappa shape index (κ3) is 6.97. The number of para-hydroxylation sites is 1. The van der Waals surface area contributed by atoms with E-state index >= 15 is 0 Å². The molecule has 0 unspecified atom stereocenters. The molecule has 190 valence electrons. The van der Waals surface area contributed by atoms with Crippen molar-refractivity contribution in [1.29, 1.82) is 0 Å². The molecule has 1 aromatic heterocycles. The molecule has 2 atom stereocenters. The van der Waals surface area contributed by atoms with E-state index in [-0.39, 0.29) is 54.2 Å². The van der Waals surface area contributed by atoms with Crippen LogP contribution in [0.2, 0.25) is 0 Å². The van der Waals surface area contributed by atoms with Crippen LogP contribution < -0.4 is 5.32 Å². The maximum absolute atomic E-state index is 14.6. The molecule has 0 saturated carbocycles. The van der Waals surface area contributed by atoms with Crippen molar-refractivity contribution in [3.63, 3.8) is 0 Å². The van der Waals surface area contributed by atoms with Gasteiger partial charge in [-0.2, -0.15) is 0 Å². The van der Waals surface area contributed by atoms with E-state index in [9.17, 15) is 14.3 Å². The standard InChI is InChI=1S/C24H36FN5O3.ClH/c1-17(2)15-29(19-12-18(16-31)13-26-14-19)24(32)23-22(10-6-7-11-33-3)30(28-27-23)21-9-5-4-8-20(21)25;/h4-5,8-9,17-19,26,31H,6-7,10-16H2,1-3H3;1H/t18-,19+;/m1./s1. The Hall–Kier alpha value is -2.07. The summed E-state index contributed by atoms with van der Waals surface area (Å²) < 4.78 is 21.2. The monoisotopic (exact) mass is 497 g/mol. The fourth-order valence-corrected chi connectivity index (χ4v) is 4.36. The largest absolute Gasteiger partial charge is 0.396 e. The number of ether oxygens (including phenoxy) is 1. The van der Waals surface area contributed by atoms with Crippen molar-refractivity contribution in [2.75, 3.05) is 40.0 Å². The third-order valence-corrected chi connectivity index (χ3v) is 6.00. The van der Waals surface area contributed by atoms with Crippen LogP contribution in [0.25, 0.3) is 5.69 Å². The second kappa shape index (κ2) is 13.7. The van der Waals surface area contributed by atoms with Gasteiger partial charge in [-0.05, 0) is 49.7 Å². The third-order valence-electron chi connectivity index (χ3n) is 6.00. The van der Waals surface area contributed by atoms with Gasteiger partial charge < -0.3 is 20.1 Å². The van der Waals surface area contributed by atoms with Crippen molar-refractivity contribution in [3.8, 4) is 5.69 Å². The Morgan fingerprint density at radius 3 is 2.76 bits per heavy atom. The van der Waals surface area contributed by atoms with E-state index in [1.807, 2.05) is 4.90 Å². The molecule has 0 radical (unpaired) electrons. The van der Waals surface area contributed by atoms with Gasteiger partial charge in [0.15, 0.2) is 5.69 Å². The highest BCUT2D eigenvalue weighted by Crippen LogP contribution is 2.23.